The number of aromatic nitrogens is 3. The van der Waals surface area contributed by atoms with Crippen molar-refractivity contribution in [2.45, 2.75) is 6.42 Å². The maximum absolute atomic E-state index is 6.10. The minimum Gasteiger partial charge on any atom is -0.397 e. The maximum Gasteiger partial charge on any atom is 0.278 e. The van der Waals surface area contributed by atoms with Gasteiger partial charge in [-0.25, -0.2) is 4.98 Å². The number of rotatable bonds is 3. The van der Waals surface area contributed by atoms with E-state index in [1.165, 1.54) is 0 Å². The Hall–Kier alpha value is -2.40. The minimum absolute atomic E-state index is 0.310. The molecule has 0 fully saturated rings. The van der Waals surface area contributed by atoms with Gasteiger partial charge in [-0.1, -0.05) is 35.0 Å². The van der Waals surface area contributed by atoms with Gasteiger partial charge >= 0.3 is 0 Å². The molecular weight excluding hydrogens is 276 g/mol. The Morgan fingerprint density at radius 2 is 2.00 bits per heavy atom. The van der Waals surface area contributed by atoms with E-state index in [0.717, 1.165) is 5.56 Å². The molecule has 0 amide bonds. The molecule has 0 unspecified atom stereocenters. The van der Waals surface area contributed by atoms with E-state index in [1.54, 1.807) is 18.3 Å². The molecule has 5 nitrogen and oxygen atoms in total. The average molecular weight is 287 g/mol. The molecule has 0 spiro atoms. The van der Waals surface area contributed by atoms with Crippen LogP contribution in [0.15, 0.2) is 47.1 Å². The first-order chi connectivity index (χ1) is 9.74. The van der Waals surface area contributed by atoms with Gasteiger partial charge in [0.15, 0.2) is 11.5 Å². The summed E-state index contributed by atoms with van der Waals surface area (Å²) in [5.41, 5.74) is 7.76. The SMILES string of the molecule is Nc1cccnc1-c1nc(Cc2ccccc2Cl)no1. The summed E-state index contributed by atoms with van der Waals surface area (Å²) in [7, 11) is 0. The minimum atomic E-state index is 0.310. The number of hydrogen-bond donors (Lipinski definition) is 1. The molecule has 20 heavy (non-hydrogen) atoms. The van der Waals surface area contributed by atoms with Crippen LogP contribution in [0.2, 0.25) is 5.02 Å². The third-order valence-electron chi connectivity index (χ3n) is 2.82. The van der Waals surface area contributed by atoms with Crippen LogP contribution in [0.4, 0.5) is 5.69 Å². The molecule has 0 saturated heterocycles. The first-order valence-corrected chi connectivity index (χ1v) is 6.38. The summed E-state index contributed by atoms with van der Waals surface area (Å²) >= 11 is 6.10. The number of halogens is 1. The summed E-state index contributed by atoms with van der Waals surface area (Å²) in [5, 5.41) is 4.61. The van der Waals surface area contributed by atoms with Gasteiger partial charge in [-0.05, 0) is 23.8 Å². The molecular formula is C14H11ClN4O. The zero-order valence-electron chi connectivity index (χ0n) is 10.5. The Morgan fingerprint density at radius 1 is 1.15 bits per heavy atom. The van der Waals surface area contributed by atoms with E-state index in [9.17, 15) is 0 Å². The van der Waals surface area contributed by atoms with Crippen molar-refractivity contribution in [2.75, 3.05) is 5.73 Å². The quantitative estimate of drug-likeness (QED) is 0.801. The van der Waals surface area contributed by atoms with Crippen LogP contribution in [0.25, 0.3) is 11.6 Å². The topological polar surface area (TPSA) is 77.8 Å². The predicted octanol–water partition coefficient (Wildman–Crippen LogP) is 2.96. The van der Waals surface area contributed by atoms with E-state index >= 15 is 0 Å². The van der Waals surface area contributed by atoms with Gasteiger partial charge in [0.2, 0.25) is 0 Å². The second kappa shape index (κ2) is 5.30. The molecule has 100 valence electrons. The van der Waals surface area contributed by atoms with Gasteiger partial charge in [0.05, 0.1) is 5.69 Å². The fraction of sp³-hybridized carbons (Fsp3) is 0.0714. The monoisotopic (exact) mass is 286 g/mol. The molecule has 0 aliphatic rings. The number of nitrogens with zero attached hydrogens (tertiary/aromatic N) is 3. The smallest absolute Gasteiger partial charge is 0.278 e. The van der Waals surface area contributed by atoms with Crippen LogP contribution in [0.1, 0.15) is 11.4 Å². The maximum atomic E-state index is 6.10. The van der Waals surface area contributed by atoms with E-state index in [2.05, 4.69) is 15.1 Å². The van der Waals surface area contributed by atoms with Gasteiger partial charge in [-0.3, -0.25) is 0 Å². The van der Waals surface area contributed by atoms with Crippen molar-refractivity contribution in [1.29, 1.82) is 0 Å². The number of benzene rings is 1. The largest absolute Gasteiger partial charge is 0.397 e. The van der Waals surface area contributed by atoms with Gasteiger partial charge in [0.1, 0.15) is 0 Å². The fourth-order valence-corrected chi connectivity index (χ4v) is 2.03. The van der Waals surface area contributed by atoms with Crippen LogP contribution in [0, 0.1) is 0 Å². The van der Waals surface area contributed by atoms with Crippen LogP contribution in [0.5, 0.6) is 0 Å². The molecule has 3 aromatic rings. The van der Waals surface area contributed by atoms with E-state index in [1.807, 2.05) is 24.3 Å². The van der Waals surface area contributed by atoms with Crippen molar-refractivity contribution >= 4 is 17.3 Å². The summed E-state index contributed by atoms with van der Waals surface area (Å²) in [6.07, 6.45) is 2.12. The lowest BCUT2D eigenvalue weighted by Crippen LogP contribution is -1.94. The van der Waals surface area contributed by atoms with Crippen LogP contribution in [0.3, 0.4) is 0 Å². The van der Waals surface area contributed by atoms with Crippen molar-refractivity contribution in [2.24, 2.45) is 0 Å². The lowest BCUT2D eigenvalue weighted by Gasteiger charge is -1.99. The van der Waals surface area contributed by atoms with E-state index in [-0.39, 0.29) is 0 Å². The lowest BCUT2D eigenvalue weighted by atomic mass is 10.1. The molecule has 2 aromatic heterocycles. The van der Waals surface area contributed by atoms with Crippen molar-refractivity contribution < 1.29 is 4.52 Å². The van der Waals surface area contributed by atoms with Crippen LogP contribution in [-0.4, -0.2) is 15.1 Å². The first-order valence-electron chi connectivity index (χ1n) is 6.01. The summed E-state index contributed by atoms with van der Waals surface area (Å²) in [6, 6.07) is 11.0. The summed E-state index contributed by atoms with van der Waals surface area (Å²) < 4.78 is 5.20. The summed E-state index contributed by atoms with van der Waals surface area (Å²) in [6.45, 7) is 0. The third-order valence-corrected chi connectivity index (χ3v) is 3.18. The van der Waals surface area contributed by atoms with Crippen molar-refractivity contribution in [3.8, 4) is 11.6 Å². The van der Waals surface area contributed by atoms with Crippen LogP contribution < -0.4 is 5.73 Å². The molecule has 6 heteroatoms. The Bertz CT molecular complexity index is 741. The second-order valence-electron chi connectivity index (χ2n) is 4.23. The van der Waals surface area contributed by atoms with Crippen LogP contribution in [-0.2, 0) is 6.42 Å². The standard InChI is InChI=1S/C14H11ClN4O/c15-10-5-2-1-4-9(10)8-12-18-14(20-19-12)13-11(16)6-3-7-17-13/h1-7H,8,16H2. The number of anilines is 1. The molecule has 0 bridgehead atoms. The van der Waals surface area contributed by atoms with Crippen LogP contribution >= 0.6 is 11.6 Å². The molecule has 1 aromatic carbocycles. The molecule has 3 rings (SSSR count). The highest BCUT2D eigenvalue weighted by molar-refractivity contribution is 6.31. The highest BCUT2D eigenvalue weighted by atomic mass is 35.5. The second-order valence-corrected chi connectivity index (χ2v) is 4.63. The predicted molar refractivity (Wildman–Crippen MR) is 76.2 cm³/mol. The van der Waals surface area contributed by atoms with Crippen molar-refractivity contribution in [3.63, 3.8) is 0 Å². The molecule has 0 saturated carbocycles. The first kappa shape index (κ1) is 12.6. The number of nitrogen functional groups attached to an aromatic ring is 1. The van der Waals surface area contributed by atoms with Gasteiger partial charge in [-0.15, -0.1) is 0 Å². The number of hydrogen-bond acceptors (Lipinski definition) is 5. The fourth-order valence-electron chi connectivity index (χ4n) is 1.83. The van der Waals surface area contributed by atoms with Crippen molar-refractivity contribution in [1.82, 2.24) is 15.1 Å². The summed E-state index contributed by atoms with van der Waals surface area (Å²) in [4.78, 5) is 8.44. The molecule has 0 radical (unpaired) electrons. The molecule has 0 atom stereocenters. The Labute approximate surface area is 120 Å². The Morgan fingerprint density at radius 3 is 2.80 bits per heavy atom. The van der Waals surface area contributed by atoms with E-state index in [0.29, 0.717) is 34.5 Å². The number of pyridine rings is 1. The van der Waals surface area contributed by atoms with Crippen molar-refractivity contribution in [3.05, 3.63) is 59.0 Å². The van der Waals surface area contributed by atoms with Gasteiger partial charge in [-0.2, -0.15) is 4.98 Å². The Balaban J connectivity index is 1.88. The summed E-state index contributed by atoms with van der Waals surface area (Å²) in [5.74, 6) is 0.850. The Kier molecular flexibility index (Phi) is 3.35. The molecule has 0 aliphatic heterocycles. The highest BCUT2D eigenvalue weighted by Crippen LogP contribution is 2.22. The molecule has 2 N–H and O–H groups in total. The number of nitrogens with two attached hydrogens (primary N) is 1. The third kappa shape index (κ3) is 2.48. The zero-order valence-corrected chi connectivity index (χ0v) is 11.2. The molecule has 0 aliphatic carbocycles. The zero-order chi connectivity index (χ0) is 13.9. The highest BCUT2D eigenvalue weighted by Gasteiger charge is 2.13. The van der Waals surface area contributed by atoms with E-state index in [4.69, 9.17) is 21.9 Å². The normalized spacial score (nSPS) is 10.7. The lowest BCUT2D eigenvalue weighted by molar-refractivity contribution is 0.423. The van der Waals surface area contributed by atoms with Gasteiger partial charge < -0.3 is 10.3 Å². The van der Waals surface area contributed by atoms with E-state index < -0.39 is 0 Å². The molecule has 2 heterocycles. The average Bonchev–Trinajstić information content (AvgIpc) is 2.90. The van der Waals surface area contributed by atoms with Gasteiger partial charge in [0, 0.05) is 17.6 Å². The van der Waals surface area contributed by atoms with Gasteiger partial charge in [0.25, 0.3) is 5.89 Å².